The van der Waals surface area contributed by atoms with Crippen molar-refractivity contribution in [3.63, 3.8) is 0 Å². The fourth-order valence-electron chi connectivity index (χ4n) is 3.60. The van der Waals surface area contributed by atoms with Crippen molar-refractivity contribution in [2.45, 2.75) is 19.4 Å². The molecule has 0 aliphatic carbocycles. The molecule has 0 saturated carbocycles. The van der Waals surface area contributed by atoms with Crippen LogP contribution in [0.1, 0.15) is 33.9 Å². The van der Waals surface area contributed by atoms with E-state index in [1.165, 1.54) is 42.6 Å². The zero-order chi connectivity index (χ0) is 29.2. The van der Waals surface area contributed by atoms with E-state index in [4.69, 9.17) is 8.85 Å². The number of hydrogen-bond donors (Lipinski definition) is 4. The van der Waals surface area contributed by atoms with Gasteiger partial charge in [0.1, 0.15) is 23.1 Å². The van der Waals surface area contributed by atoms with Crippen LogP contribution in [0.5, 0.6) is 5.75 Å². The molecule has 4 N–H and O–H groups in total. The van der Waals surface area contributed by atoms with Crippen molar-refractivity contribution in [2.75, 3.05) is 24.7 Å². The second-order valence-corrected chi connectivity index (χ2v) is 8.56. The van der Waals surface area contributed by atoms with Crippen LogP contribution in [0, 0.1) is 5.82 Å². The minimum Gasteiger partial charge on any atom is -0.494 e. The molecule has 0 aliphatic heterocycles. The highest BCUT2D eigenvalue weighted by molar-refractivity contribution is 6.00. The molecule has 12 heteroatoms. The quantitative estimate of drug-likeness (QED) is 0.281. The number of methoxy groups -OCH3 is 1. The fraction of sp³-hybridized carbons (Fsp3) is 0.240. The van der Waals surface area contributed by atoms with Crippen LogP contribution in [-0.2, 0) is 12.6 Å². The normalized spacial score (nSPS) is 12.8. The molecule has 0 unspecified atom stereocenters. The van der Waals surface area contributed by atoms with Crippen molar-refractivity contribution in [1.82, 2.24) is 30.3 Å². The Kier molecular flexibility index (Phi) is 5.97. The number of anilines is 4. The molecule has 11 nitrogen and oxygen atoms in total. The van der Waals surface area contributed by atoms with E-state index in [9.17, 15) is 14.3 Å². The fourth-order valence-corrected chi connectivity index (χ4v) is 3.60. The number of aromatic nitrogens is 5. The molecule has 0 radical (unpaired) electrons. The van der Waals surface area contributed by atoms with E-state index in [1.807, 2.05) is 5.32 Å². The minimum absolute atomic E-state index is 0.0897. The number of pyridine rings is 2. The first-order valence-electron chi connectivity index (χ1n) is 12.5. The molecule has 0 bridgehead atoms. The maximum Gasteiger partial charge on any atom is 0.254 e. The highest BCUT2D eigenvalue weighted by Crippen LogP contribution is 2.39. The number of hydrogen-bond acceptors (Lipinski definition) is 9. The molecule has 4 aromatic rings. The summed E-state index contributed by atoms with van der Waals surface area (Å²) in [6.07, 6.45) is 4.12. The summed E-state index contributed by atoms with van der Waals surface area (Å²) in [6.45, 7) is 0.501. The minimum atomic E-state index is -2.76. The van der Waals surface area contributed by atoms with E-state index >= 15 is 0 Å². The van der Waals surface area contributed by atoms with Crippen molar-refractivity contribution in [2.24, 2.45) is 7.05 Å². The Bertz CT molecular complexity index is 1550. The van der Waals surface area contributed by atoms with Gasteiger partial charge in [0.15, 0.2) is 5.75 Å². The summed E-state index contributed by atoms with van der Waals surface area (Å²) in [6, 6.07) is 7.12. The molecule has 0 aliphatic rings. The zero-order valence-electron chi connectivity index (χ0n) is 23.5. The number of aryl methyl sites for hydroxylation is 1. The van der Waals surface area contributed by atoms with Gasteiger partial charge in [-0.25, -0.2) is 14.4 Å². The molecular formula is C25H27FN8O3. The van der Waals surface area contributed by atoms with Crippen LogP contribution in [0.2, 0.25) is 0 Å². The first-order chi connectivity index (χ1) is 18.7. The monoisotopic (exact) mass is 509 g/mol. The van der Waals surface area contributed by atoms with Gasteiger partial charge in [-0.2, -0.15) is 15.0 Å². The standard InChI is InChI=1S/C25H27FN8O3/c1-25(2,36)14-6-7-28-21(8-14)32-22-11-18(17(12-29-22)24(35)27-3)31-19-10-15(26)9-16(23(19)37-5)20-13-30-34(4)33-20/h6-13,36H,1-5H3,(H,27,35)(H2,28,29,31,32)/i3D3. The summed E-state index contributed by atoms with van der Waals surface area (Å²) in [5.41, 5.74) is 0.206. The maximum absolute atomic E-state index is 14.8. The van der Waals surface area contributed by atoms with Gasteiger partial charge in [0.05, 0.1) is 41.4 Å². The summed E-state index contributed by atoms with van der Waals surface area (Å²) in [5, 5.41) is 26.5. The number of benzene rings is 1. The van der Waals surface area contributed by atoms with Crippen molar-refractivity contribution in [3.05, 3.63) is 65.9 Å². The number of nitrogens with zero attached hydrogens (tertiary/aromatic N) is 5. The second kappa shape index (κ2) is 10.2. The second-order valence-electron chi connectivity index (χ2n) is 8.56. The lowest BCUT2D eigenvalue weighted by molar-refractivity contribution is 0.0785. The highest BCUT2D eigenvalue weighted by Gasteiger charge is 2.20. The van der Waals surface area contributed by atoms with E-state index in [0.29, 0.717) is 22.6 Å². The lowest BCUT2D eigenvalue weighted by atomic mass is 10.00. The molecule has 192 valence electrons. The molecule has 0 saturated heterocycles. The van der Waals surface area contributed by atoms with Gasteiger partial charge in [0.25, 0.3) is 5.91 Å². The molecule has 0 spiro atoms. The van der Waals surface area contributed by atoms with Crippen LogP contribution >= 0.6 is 0 Å². The van der Waals surface area contributed by atoms with Gasteiger partial charge in [0.2, 0.25) is 0 Å². The van der Waals surface area contributed by atoms with Crippen molar-refractivity contribution >= 4 is 28.9 Å². The van der Waals surface area contributed by atoms with Gasteiger partial charge in [-0.05, 0) is 37.6 Å². The third kappa shape index (κ3) is 5.64. The van der Waals surface area contributed by atoms with Gasteiger partial charge in [0, 0.05) is 42.7 Å². The predicted octanol–water partition coefficient (Wildman–Crippen LogP) is 3.49. The van der Waals surface area contributed by atoms with Gasteiger partial charge in [-0.1, -0.05) is 0 Å². The summed E-state index contributed by atoms with van der Waals surface area (Å²) in [7, 11) is 3.00. The Balaban J connectivity index is 1.78. The predicted molar refractivity (Wildman–Crippen MR) is 137 cm³/mol. The molecule has 3 heterocycles. The van der Waals surface area contributed by atoms with E-state index < -0.39 is 24.3 Å². The number of halogens is 1. The summed E-state index contributed by atoms with van der Waals surface area (Å²) < 4.78 is 42.6. The SMILES string of the molecule is [2H]C([2H])([2H])NC(=O)c1cnc(Nc2cc(C(C)(C)O)ccn2)cc1Nc1cc(F)cc(-c2cnn(C)n2)c1OC. The number of amides is 1. The Labute approximate surface area is 216 Å². The zero-order valence-corrected chi connectivity index (χ0v) is 20.5. The van der Waals surface area contributed by atoms with Crippen molar-refractivity contribution in [1.29, 1.82) is 0 Å². The van der Waals surface area contributed by atoms with E-state index in [1.54, 1.807) is 33.0 Å². The molecule has 1 amide bonds. The average molecular weight is 510 g/mol. The molecule has 3 aromatic heterocycles. The van der Waals surface area contributed by atoms with E-state index in [2.05, 4.69) is 30.8 Å². The van der Waals surface area contributed by atoms with E-state index in [0.717, 1.165) is 6.07 Å². The molecule has 0 atom stereocenters. The highest BCUT2D eigenvalue weighted by atomic mass is 19.1. The Hall–Kier alpha value is -4.58. The lowest BCUT2D eigenvalue weighted by Crippen LogP contribution is -2.20. The summed E-state index contributed by atoms with van der Waals surface area (Å²) in [4.78, 5) is 22.6. The van der Waals surface area contributed by atoms with Crippen molar-refractivity contribution < 1.29 is 23.1 Å². The Morgan fingerprint density at radius 1 is 1.14 bits per heavy atom. The number of nitrogens with one attached hydrogen (secondary N) is 3. The number of aliphatic hydroxyl groups is 1. The number of ether oxygens (including phenoxy) is 1. The lowest BCUT2D eigenvalue weighted by Gasteiger charge is -2.19. The van der Waals surface area contributed by atoms with Crippen LogP contribution in [-0.4, -0.2) is 50.1 Å². The molecular weight excluding hydrogens is 479 g/mol. The molecule has 37 heavy (non-hydrogen) atoms. The van der Waals surface area contributed by atoms with Gasteiger partial charge >= 0.3 is 0 Å². The first-order valence-corrected chi connectivity index (χ1v) is 11.0. The van der Waals surface area contributed by atoms with Crippen LogP contribution < -0.4 is 20.7 Å². The Morgan fingerprint density at radius 3 is 2.59 bits per heavy atom. The molecule has 1 aromatic carbocycles. The van der Waals surface area contributed by atoms with Gasteiger partial charge in [-0.3, -0.25) is 4.79 Å². The van der Waals surface area contributed by atoms with E-state index in [-0.39, 0.29) is 28.5 Å². The van der Waals surface area contributed by atoms with Crippen LogP contribution in [0.4, 0.5) is 27.4 Å². The largest absolute Gasteiger partial charge is 0.494 e. The topological polar surface area (TPSA) is 139 Å². The van der Waals surface area contributed by atoms with Crippen LogP contribution in [0.25, 0.3) is 11.3 Å². The first kappa shape index (κ1) is 21.7. The maximum atomic E-state index is 14.8. The van der Waals surface area contributed by atoms with Gasteiger partial charge < -0.3 is 25.8 Å². The Morgan fingerprint density at radius 2 is 1.92 bits per heavy atom. The van der Waals surface area contributed by atoms with Crippen LogP contribution in [0.3, 0.4) is 0 Å². The third-order valence-electron chi connectivity index (χ3n) is 5.39. The number of carbonyl (C=O) groups excluding carboxylic acids is 1. The summed E-state index contributed by atoms with van der Waals surface area (Å²) in [5.74, 6) is -0.787. The van der Waals surface area contributed by atoms with Gasteiger partial charge in [-0.15, -0.1) is 0 Å². The molecule has 0 fully saturated rings. The smallest absolute Gasteiger partial charge is 0.254 e. The third-order valence-corrected chi connectivity index (χ3v) is 5.39. The van der Waals surface area contributed by atoms with Crippen molar-refractivity contribution in [3.8, 4) is 17.0 Å². The summed E-state index contributed by atoms with van der Waals surface area (Å²) >= 11 is 0. The number of rotatable bonds is 8. The number of carbonyl (C=O) groups is 1. The average Bonchev–Trinajstić information content (AvgIpc) is 3.28. The van der Waals surface area contributed by atoms with Crippen LogP contribution in [0.15, 0.2) is 48.9 Å². The molecule has 4 rings (SSSR count).